The third kappa shape index (κ3) is 81.2. The van der Waals surface area contributed by atoms with Gasteiger partial charge in [0, 0.05) is 102 Å². The highest BCUT2D eigenvalue weighted by atomic mass is 32.2. The van der Waals surface area contributed by atoms with Crippen LogP contribution in [-0.2, 0) is 81.4 Å². The number of carbonyl (C=O) groups is 15. The molecule has 0 saturated carbocycles. The van der Waals surface area contributed by atoms with E-state index in [1.807, 2.05) is 52.0 Å². The van der Waals surface area contributed by atoms with E-state index in [-0.39, 0.29) is 61.0 Å². The van der Waals surface area contributed by atoms with Crippen LogP contribution in [0.5, 0.6) is 0 Å². The molecule has 0 saturated heterocycles. The van der Waals surface area contributed by atoms with E-state index in [9.17, 15) is 71.9 Å². The van der Waals surface area contributed by atoms with Crippen molar-refractivity contribution in [1.82, 2.24) is 37.2 Å². The first-order chi connectivity index (χ1) is 44.9. The Bertz CT molecular complexity index is 2170. The number of carboxylic acids is 8. The maximum absolute atomic E-state index is 10.8. The summed E-state index contributed by atoms with van der Waals surface area (Å²) in [4.78, 5) is 158. The fourth-order valence-corrected chi connectivity index (χ4v) is 9.58. The standard InChI is InChI=1S/C11H17NO5S.2C10H17NO3S.2C7H13NO4.2C7H13NO3S/c1-8(13)12-9(11(16)17)7-18-6-4-2-3-5-10(14)15;2*1-3-4-5-6-15-7-9(10(13)14)11-8(2)12;4*1-3-12-4-6(7(10)11)8-5(2)9/h2-3,9H,4-7H2,1H3,(H,12,13)(H,14,15)(H,16,17);2*4-5,9H,3,6-7H2,1-2H3,(H,11,12)(H,13,14);4*6H,3-4H2,1-2H3,(H,8,9)(H,10,11)/b3-2-;2*5-4-;;;;/t3*9-;4*6-/m1111111/s1. The van der Waals surface area contributed by atoms with Crippen molar-refractivity contribution in [2.24, 2.45) is 0 Å². The van der Waals surface area contributed by atoms with E-state index in [4.69, 9.17) is 50.3 Å². The summed E-state index contributed by atoms with van der Waals surface area (Å²) in [6, 6.07) is -5.86. The summed E-state index contributed by atoms with van der Waals surface area (Å²) in [7, 11) is 0. The molecular formula is C59H103N7O25S5. The first-order valence-electron chi connectivity index (χ1n) is 29.6. The molecule has 0 aromatic heterocycles. The second-order valence-electron chi connectivity index (χ2n) is 18.5. The Balaban J connectivity index is -0.000000194. The lowest BCUT2D eigenvalue weighted by Crippen LogP contribution is -2.42. The SMILES string of the molecule is CC(=O)N[C@H](CSCC/C=C\CC(=O)O)C(=O)O.CC/C=C\CSC[C@@H](NC(C)=O)C(=O)O.CC/C=C\CSC[C@@H](NC(C)=O)C(=O)O.CCOC[C@@H](NC(C)=O)C(=O)O.CCOC[C@@H](NC(C)=O)C(=O)O.CCSC[C@@H](NC(C)=O)C(=O)O.CCSC[C@@H](NC(C)=O)C(=O)O. The molecule has 0 spiro atoms. The normalized spacial score (nSPS) is 12.3. The van der Waals surface area contributed by atoms with E-state index in [1.54, 1.807) is 26.0 Å². The van der Waals surface area contributed by atoms with Gasteiger partial charge in [-0.2, -0.15) is 58.8 Å². The van der Waals surface area contributed by atoms with Crippen LogP contribution in [0.25, 0.3) is 0 Å². The minimum Gasteiger partial charge on any atom is -0.481 e. The van der Waals surface area contributed by atoms with Crippen LogP contribution in [0.1, 0.15) is 116 Å². The van der Waals surface area contributed by atoms with Crippen molar-refractivity contribution in [3.8, 4) is 0 Å². The van der Waals surface area contributed by atoms with Crippen LogP contribution in [0.15, 0.2) is 36.5 Å². The van der Waals surface area contributed by atoms with Gasteiger partial charge in [0.2, 0.25) is 41.4 Å². The average molecular weight is 1470 g/mol. The first kappa shape index (κ1) is 102. The van der Waals surface area contributed by atoms with Gasteiger partial charge < -0.3 is 87.5 Å². The smallest absolute Gasteiger partial charge is 0.328 e. The van der Waals surface area contributed by atoms with E-state index >= 15 is 0 Å². The Morgan fingerprint density at radius 2 is 0.562 bits per heavy atom. The molecule has 554 valence electrons. The van der Waals surface area contributed by atoms with Gasteiger partial charge in [0.1, 0.15) is 30.2 Å². The van der Waals surface area contributed by atoms with Gasteiger partial charge in [-0.15, -0.1) is 0 Å². The molecule has 0 radical (unpaired) electrons. The zero-order valence-corrected chi connectivity index (χ0v) is 60.9. The van der Waals surface area contributed by atoms with Crippen molar-refractivity contribution in [3.05, 3.63) is 36.5 Å². The predicted molar refractivity (Wildman–Crippen MR) is 373 cm³/mol. The summed E-state index contributed by atoms with van der Waals surface area (Å²) in [6.07, 6.45) is 14.0. The highest BCUT2D eigenvalue weighted by Gasteiger charge is 2.22. The van der Waals surface area contributed by atoms with E-state index < -0.39 is 90.0 Å². The Morgan fingerprint density at radius 1 is 0.323 bits per heavy atom. The van der Waals surface area contributed by atoms with Crippen LogP contribution in [0.4, 0.5) is 0 Å². The molecule has 96 heavy (non-hydrogen) atoms. The quantitative estimate of drug-likeness (QED) is 0.0308. The fourth-order valence-electron chi connectivity index (χ4n) is 5.52. The van der Waals surface area contributed by atoms with Crippen molar-refractivity contribution in [3.63, 3.8) is 0 Å². The third-order valence-electron chi connectivity index (χ3n) is 9.66. The second kappa shape index (κ2) is 70.7. The Hall–Kier alpha value is -7.06. The highest BCUT2D eigenvalue weighted by Crippen LogP contribution is 2.08. The molecule has 0 aliphatic heterocycles. The van der Waals surface area contributed by atoms with Crippen LogP contribution in [0.3, 0.4) is 0 Å². The number of carboxylic acid groups (broad SMARTS) is 8. The van der Waals surface area contributed by atoms with Gasteiger partial charge in [-0.05, 0) is 50.4 Å². The Labute approximate surface area is 582 Å². The number of hydrogen-bond acceptors (Lipinski definition) is 22. The molecule has 0 rings (SSSR count). The number of nitrogens with one attached hydrogen (secondary N) is 7. The molecule has 0 unspecified atom stereocenters. The number of aliphatic carboxylic acids is 8. The molecule has 0 aliphatic rings. The van der Waals surface area contributed by atoms with E-state index in [1.165, 1.54) is 107 Å². The number of hydrogen-bond donors (Lipinski definition) is 15. The number of ether oxygens (including phenoxy) is 2. The third-order valence-corrected chi connectivity index (χ3v) is 14.7. The van der Waals surface area contributed by atoms with Crippen LogP contribution < -0.4 is 37.2 Å². The summed E-state index contributed by atoms with van der Waals surface area (Å²) in [5.41, 5.74) is 0. The molecule has 37 heteroatoms. The lowest BCUT2D eigenvalue weighted by molar-refractivity contribution is -0.143. The van der Waals surface area contributed by atoms with Crippen LogP contribution in [0, 0.1) is 0 Å². The molecule has 0 aromatic rings. The molecule has 32 nitrogen and oxygen atoms in total. The van der Waals surface area contributed by atoms with Crippen molar-refractivity contribution in [2.75, 3.05) is 84.0 Å². The predicted octanol–water partition coefficient (Wildman–Crippen LogP) is 3.16. The average Bonchev–Trinajstić information content (AvgIpc) is 3.14. The van der Waals surface area contributed by atoms with E-state index in [2.05, 4.69) is 37.2 Å². The molecule has 0 heterocycles. The van der Waals surface area contributed by atoms with Gasteiger partial charge in [0.25, 0.3) is 0 Å². The monoisotopic (exact) mass is 1470 g/mol. The Morgan fingerprint density at radius 3 is 0.771 bits per heavy atom. The fraction of sp³-hybridized carbons (Fsp3) is 0.644. The molecule has 0 aromatic carbocycles. The summed E-state index contributed by atoms with van der Waals surface area (Å²) in [5, 5.41) is 85.4. The minimum atomic E-state index is -1.08. The molecule has 0 aliphatic carbocycles. The minimum absolute atomic E-state index is 0.00537. The summed E-state index contributed by atoms with van der Waals surface area (Å²) >= 11 is 7.36. The largest absolute Gasteiger partial charge is 0.481 e. The number of rotatable bonds is 43. The van der Waals surface area contributed by atoms with Gasteiger partial charge in [-0.25, -0.2) is 33.6 Å². The zero-order valence-electron chi connectivity index (χ0n) is 56.8. The molecule has 0 fully saturated rings. The van der Waals surface area contributed by atoms with Gasteiger partial charge in [0.05, 0.1) is 19.6 Å². The number of thioether (sulfide) groups is 5. The van der Waals surface area contributed by atoms with Gasteiger partial charge in [-0.3, -0.25) is 38.4 Å². The highest BCUT2D eigenvalue weighted by molar-refractivity contribution is 8.00. The lowest BCUT2D eigenvalue weighted by Gasteiger charge is -2.12. The topological polar surface area (TPSA) is 521 Å². The van der Waals surface area contributed by atoms with Crippen molar-refractivity contribution in [2.45, 2.75) is 158 Å². The summed E-state index contributed by atoms with van der Waals surface area (Å²) in [6.45, 7) is 21.4. The summed E-state index contributed by atoms with van der Waals surface area (Å²) in [5.74, 6) is -4.55. The van der Waals surface area contributed by atoms with Gasteiger partial charge >= 0.3 is 47.8 Å². The zero-order chi connectivity index (χ0) is 75.6. The second-order valence-corrected chi connectivity index (χ2v) is 24.5. The van der Waals surface area contributed by atoms with Crippen molar-refractivity contribution < 1.29 is 122 Å². The number of carbonyl (C=O) groups excluding carboxylic acids is 7. The molecule has 15 N–H and O–H groups in total. The van der Waals surface area contributed by atoms with E-state index in [0.29, 0.717) is 54.2 Å². The maximum Gasteiger partial charge on any atom is 0.328 e. The molecular weight excluding hydrogens is 1370 g/mol. The molecule has 7 amide bonds. The van der Waals surface area contributed by atoms with Crippen LogP contribution in [0.2, 0.25) is 0 Å². The van der Waals surface area contributed by atoms with Crippen molar-refractivity contribution in [1.29, 1.82) is 0 Å². The van der Waals surface area contributed by atoms with Gasteiger partial charge in [-0.1, -0.05) is 64.2 Å². The number of allylic oxidation sites excluding steroid dienone is 3. The number of amides is 7. The first-order valence-corrected chi connectivity index (χ1v) is 35.4. The van der Waals surface area contributed by atoms with Gasteiger partial charge in [0.15, 0.2) is 12.1 Å². The molecule has 0 bridgehead atoms. The van der Waals surface area contributed by atoms with Crippen LogP contribution >= 0.6 is 58.8 Å². The van der Waals surface area contributed by atoms with Crippen molar-refractivity contribution >= 4 is 148 Å². The van der Waals surface area contributed by atoms with E-state index in [0.717, 1.165) is 35.9 Å². The summed E-state index contributed by atoms with van der Waals surface area (Å²) < 4.78 is 9.72. The lowest BCUT2D eigenvalue weighted by atomic mass is 10.3. The molecule has 7 atom stereocenters. The maximum atomic E-state index is 10.8. The van der Waals surface area contributed by atoms with Crippen LogP contribution in [-0.4, -0.2) is 256 Å². The Kier molecular flexibility index (Phi) is 75.5.